The number of phenols is 1. The van der Waals surface area contributed by atoms with Crippen LogP contribution in [0.15, 0.2) is 48.2 Å². The molecule has 96 valence electrons. The maximum atomic E-state index is 12.1. The lowest BCUT2D eigenvalue weighted by Gasteiger charge is -1.99. The van der Waals surface area contributed by atoms with Gasteiger partial charge in [-0.2, -0.15) is 5.26 Å². The summed E-state index contributed by atoms with van der Waals surface area (Å²) in [4.78, 5) is 12.1. The van der Waals surface area contributed by atoms with E-state index in [0.717, 1.165) is 5.56 Å². The second kappa shape index (κ2) is 4.56. The Bertz CT molecular complexity index is 767. The van der Waals surface area contributed by atoms with Gasteiger partial charge in [-0.05, 0) is 35.9 Å². The normalized spacial score (nSPS) is 14.8. The van der Waals surface area contributed by atoms with E-state index in [1.807, 2.05) is 6.07 Å². The molecule has 0 fully saturated rings. The van der Waals surface area contributed by atoms with Crippen molar-refractivity contribution in [2.75, 3.05) is 0 Å². The first kappa shape index (κ1) is 12.0. The summed E-state index contributed by atoms with van der Waals surface area (Å²) >= 11 is 0. The molecule has 0 spiro atoms. The van der Waals surface area contributed by atoms with Gasteiger partial charge >= 0.3 is 0 Å². The molecule has 0 amide bonds. The predicted molar refractivity (Wildman–Crippen MR) is 72.2 cm³/mol. The third-order valence-corrected chi connectivity index (χ3v) is 2.99. The topological polar surface area (TPSA) is 70.3 Å². The number of rotatable bonds is 1. The molecule has 1 aliphatic heterocycles. The minimum absolute atomic E-state index is 0.0520. The summed E-state index contributed by atoms with van der Waals surface area (Å²) in [6, 6.07) is 13.2. The van der Waals surface area contributed by atoms with Crippen molar-refractivity contribution in [2.24, 2.45) is 0 Å². The number of benzene rings is 2. The Kier molecular flexibility index (Phi) is 2.73. The van der Waals surface area contributed by atoms with Crippen molar-refractivity contribution in [3.63, 3.8) is 0 Å². The van der Waals surface area contributed by atoms with Crippen molar-refractivity contribution in [3.8, 4) is 17.6 Å². The van der Waals surface area contributed by atoms with E-state index in [4.69, 9.17) is 10.00 Å². The van der Waals surface area contributed by atoms with Gasteiger partial charge < -0.3 is 9.84 Å². The van der Waals surface area contributed by atoms with E-state index in [2.05, 4.69) is 0 Å². The lowest BCUT2D eigenvalue weighted by molar-refractivity contribution is 0.101. The summed E-state index contributed by atoms with van der Waals surface area (Å²) in [5, 5.41) is 18.1. The van der Waals surface area contributed by atoms with Gasteiger partial charge in [0.15, 0.2) is 5.76 Å². The molecule has 0 aliphatic carbocycles. The molecular weight excluding hydrogens is 254 g/mol. The van der Waals surface area contributed by atoms with Crippen molar-refractivity contribution in [1.82, 2.24) is 0 Å². The van der Waals surface area contributed by atoms with Gasteiger partial charge in [-0.3, -0.25) is 4.79 Å². The third kappa shape index (κ3) is 2.02. The Labute approximate surface area is 115 Å². The average Bonchev–Trinajstić information content (AvgIpc) is 2.75. The van der Waals surface area contributed by atoms with Crippen LogP contribution in [0.2, 0.25) is 0 Å². The number of nitriles is 1. The quantitative estimate of drug-likeness (QED) is 0.803. The van der Waals surface area contributed by atoms with E-state index in [0.29, 0.717) is 16.9 Å². The van der Waals surface area contributed by atoms with Crippen LogP contribution < -0.4 is 4.74 Å². The van der Waals surface area contributed by atoms with Gasteiger partial charge in [0.25, 0.3) is 0 Å². The highest BCUT2D eigenvalue weighted by molar-refractivity contribution is 6.14. The summed E-state index contributed by atoms with van der Waals surface area (Å²) < 4.78 is 5.45. The summed E-state index contributed by atoms with van der Waals surface area (Å²) in [5.41, 5.74) is 1.76. The van der Waals surface area contributed by atoms with Gasteiger partial charge in [0.1, 0.15) is 11.5 Å². The molecule has 4 nitrogen and oxygen atoms in total. The maximum absolute atomic E-state index is 12.1. The first-order chi connectivity index (χ1) is 9.67. The van der Waals surface area contributed by atoms with Crippen LogP contribution in [0.3, 0.4) is 0 Å². The molecule has 0 atom stereocenters. The standard InChI is InChI=1S/C16H9NO3/c17-9-11-3-1-10(2-4-11)7-15-16(19)13-6-5-12(18)8-14(13)20-15/h1-8,18H/b15-7-. The van der Waals surface area contributed by atoms with Gasteiger partial charge in [0.05, 0.1) is 17.2 Å². The number of Topliss-reactive ketones (excluding diaryl/α,β-unsaturated/α-hetero) is 1. The highest BCUT2D eigenvalue weighted by Gasteiger charge is 2.27. The first-order valence-electron chi connectivity index (χ1n) is 5.95. The summed E-state index contributed by atoms with van der Waals surface area (Å²) in [6.45, 7) is 0. The van der Waals surface area contributed by atoms with E-state index < -0.39 is 0 Å². The molecule has 1 heterocycles. The lowest BCUT2D eigenvalue weighted by atomic mass is 10.1. The maximum Gasteiger partial charge on any atom is 0.231 e. The zero-order chi connectivity index (χ0) is 14.1. The van der Waals surface area contributed by atoms with Crippen molar-refractivity contribution in [2.45, 2.75) is 0 Å². The second-order valence-corrected chi connectivity index (χ2v) is 4.35. The fourth-order valence-electron chi connectivity index (χ4n) is 1.98. The summed E-state index contributed by atoms with van der Waals surface area (Å²) in [6.07, 6.45) is 1.61. The fraction of sp³-hybridized carbons (Fsp3) is 0. The minimum atomic E-state index is -0.218. The molecule has 2 aromatic rings. The van der Waals surface area contributed by atoms with Gasteiger partial charge in [-0.25, -0.2) is 0 Å². The van der Waals surface area contributed by atoms with Crippen molar-refractivity contribution < 1.29 is 14.6 Å². The Balaban J connectivity index is 1.95. The van der Waals surface area contributed by atoms with Crippen molar-refractivity contribution in [1.29, 1.82) is 5.26 Å². The van der Waals surface area contributed by atoms with Crippen LogP contribution in [0, 0.1) is 11.3 Å². The van der Waals surface area contributed by atoms with Crippen molar-refractivity contribution in [3.05, 3.63) is 64.9 Å². The molecule has 0 bridgehead atoms. The molecule has 0 aromatic heterocycles. The number of aromatic hydroxyl groups is 1. The predicted octanol–water partition coefficient (Wildman–Crippen LogP) is 2.88. The average molecular weight is 263 g/mol. The van der Waals surface area contributed by atoms with Crippen LogP contribution in [-0.2, 0) is 0 Å². The second-order valence-electron chi connectivity index (χ2n) is 4.35. The number of nitrogens with zero attached hydrogens (tertiary/aromatic N) is 1. The Morgan fingerprint density at radius 3 is 2.60 bits per heavy atom. The minimum Gasteiger partial charge on any atom is -0.508 e. The number of ketones is 1. The van der Waals surface area contributed by atoms with E-state index in [9.17, 15) is 9.90 Å². The number of allylic oxidation sites excluding steroid dienone is 1. The molecular formula is C16H9NO3. The Morgan fingerprint density at radius 1 is 1.15 bits per heavy atom. The Morgan fingerprint density at radius 2 is 1.90 bits per heavy atom. The molecule has 20 heavy (non-hydrogen) atoms. The number of hydrogen-bond donors (Lipinski definition) is 1. The van der Waals surface area contributed by atoms with Crippen LogP contribution in [0.25, 0.3) is 6.08 Å². The highest BCUT2D eigenvalue weighted by atomic mass is 16.5. The summed E-state index contributed by atoms with van der Waals surface area (Å²) in [5.74, 6) is 0.394. The highest BCUT2D eigenvalue weighted by Crippen LogP contribution is 2.34. The lowest BCUT2D eigenvalue weighted by Crippen LogP contribution is -1.97. The fourth-order valence-corrected chi connectivity index (χ4v) is 1.98. The smallest absolute Gasteiger partial charge is 0.231 e. The number of phenolic OH excluding ortho intramolecular Hbond substituents is 1. The van der Waals surface area contributed by atoms with Crippen LogP contribution in [0.5, 0.6) is 11.5 Å². The SMILES string of the molecule is N#Cc1ccc(/C=C2\Oc3cc(O)ccc3C2=O)cc1. The van der Waals surface area contributed by atoms with Gasteiger partial charge in [-0.1, -0.05) is 12.1 Å². The molecule has 1 N–H and O–H groups in total. The zero-order valence-corrected chi connectivity index (χ0v) is 10.3. The molecule has 0 saturated heterocycles. The van der Waals surface area contributed by atoms with E-state index in [1.165, 1.54) is 18.2 Å². The van der Waals surface area contributed by atoms with E-state index in [-0.39, 0.29) is 17.3 Å². The van der Waals surface area contributed by atoms with Crippen LogP contribution in [0.4, 0.5) is 0 Å². The number of carbonyl (C=O) groups excluding carboxylic acids is 1. The van der Waals surface area contributed by atoms with Gasteiger partial charge in [-0.15, -0.1) is 0 Å². The molecule has 3 rings (SSSR count). The monoisotopic (exact) mass is 263 g/mol. The van der Waals surface area contributed by atoms with Gasteiger partial charge in [0, 0.05) is 6.07 Å². The van der Waals surface area contributed by atoms with E-state index in [1.54, 1.807) is 30.3 Å². The molecule has 2 aromatic carbocycles. The van der Waals surface area contributed by atoms with Gasteiger partial charge in [0.2, 0.25) is 5.78 Å². The first-order valence-corrected chi connectivity index (χ1v) is 5.95. The Hall–Kier alpha value is -3.06. The molecule has 0 radical (unpaired) electrons. The number of fused-ring (bicyclic) bond motifs is 1. The molecule has 0 saturated carbocycles. The van der Waals surface area contributed by atoms with Crippen LogP contribution in [0.1, 0.15) is 21.5 Å². The molecule has 1 aliphatic rings. The number of carbonyl (C=O) groups is 1. The third-order valence-electron chi connectivity index (χ3n) is 2.99. The number of ether oxygens (including phenoxy) is 1. The van der Waals surface area contributed by atoms with Crippen molar-refractivity contribution >= 4 is 11.9 Å². The van der Waals surface area contributed by atoms with E-state index >= 15 is 0 Å². The number of hydrogen-bond acceptors (Lipinski definition) is 4. The molecule has 4 heteroatoms. The van der Waals surface area contributed by atoms with Crippen LogP contribution >= 0.6 is 0 Å². The zero-order valence-electron chi connectivity index (χ0n) is 10.3. The molecule has 0 unspecified atom stereocenters. The van der Waals surface area contributed by atoms with Crippen LogP contribution in [-0.4, -0.2) is 10.9 Å². The largest absolute Gasteiger partial charge is 0.508 e. The summed E-state index contributed by atoms with van der Waals surface area (Å²) in [7, 11) is 0.